The Morgan fingerprint density at radius 3 is 2.41 bits per heavy atom. The third kappa shape index (κ3) is 2.86. The average Bonchev–Trinajstić information content (AvgIpc) is 2.27. The van der Waals surface area contributed by atoms with Crippen LogP contribution in [0, 0.1) is 17.3 Å². The van der Waals surface area contributed by atoms with E-state index in [1.54, 1.807) is 0 Å². The lowest BCUT2D eigenvalue weighted by molar-refractivity contribution is -0.110. The minimum atomic E-state index is -0.344. The summed E-state index contributed by atoms with van der Waals surface area (Å²) in [6, 6.07) is 0. The molecule has 2 fully saturated rings. The zero-order valence-electron chi connectivity index (χ0n) is 12.0. The molecule has 0 heterocycles. The van der Waals surface area contributed by atoms with Gasteiger partial charge in [0.1, 0.15) is 0 Å². The van der Waals surface area contributed by atoms with Crippen molar-refractivity contribution in [2.45, 2.75) is 84.2 Å². The van der Waals surface area contributed by atoms with Crippen molar-refractivity contribution in [2.75, 3.05) is 0 Å². The van der Waals surface area contributed by atoms with Gasteiger partial charge in [-0.15, -0.1) is 0 Å². The fraction of sp³-hybridized carbons (Fsp3) is 1.00. The molecule has 0 saturated heterocycles. The molecule has 1 nitrogen and oxygen atoms in total. The quantitative estimate of drug-likeness (QED) is 0.749. The lowest BCUT2D eigenvalue weighted by atomic mass is 9.59. The van der Waals surface area contributed by atoms with Gasteiger partial charge in [0.25, 0.3) is 0 Å². The van der Waals surface area contributed by atoms with Crippen LogP contribution in [0.2, 0.25) is 0 Å². The minimum absolute atomic E-state index is 0.344. The van der Waals surface area contributed by atoms with E-state index in [2.05, 4.69) is 20.8 Å². The first-order chi connectivity index (χ1) is 7.97. The van der Waals surface area contributed by atoms with Crippen molar-refractivity contribution in [1.29, 1.82) is 0 Å². The van der Waals surface area contributed by atoms with Crippen LogP contribution in [0.4, 0.5) is 0 Å². The summed E-state index contributed by atoms with van der Waals surface area (Å²) < 4.78 is 0. The lowest BCUT2D eigenvalue weighted by Gasteiger charge is -2.49. The van der Waals surface area contributed by atoms with E-state index in [-0.39, 0.29) is 5.60 Å². The van der Waals surface area contributed by atoms with Gasteiger partial charge in [0.05, 0.1) is 5.60 Å². The summed E-state index contributed by atoms with van der Waals surface area (Å²) in [6.45, 7) is 6.97. The normalized spacial score (nSPS) is 42.4. The van der Waals surface area contributed by atoms with Crippen molar-refractivity contribution in [3.8, 4) is 0 Å². The molecule has 0 aromatic carbocycles. The van der Waals surface area contributed by atoms with Crippen LogP contribution in [-0.4, -0.2) is 10.7 Å². The smallest absolute Gasteiger partial charge is 0.0683 e. The van der Waals surface area contributed by atoms with Gasteiger partial charge in [0.15, 0.2) is 0 Å². The summed E-state index contributed by atoms with van der Waals surface area (Å²) in [7, 11) is 0. The molecule has 0 spiro atoms. The van der Waals surface area contributed by atoms with Gasteiger partial charge in [-0.25, -0.2) is 0 Å². The third-order valence-electron chi connectivity index (χ3n) is 5.37. The van der Waals surface area contributed by atoms with E-state index < -0.39 is 0 Å². The maximum absolute atomic E-state index is 11.1. The number of hydrogen-bond acceptors (Lipinski definition) is 1. The molecule has 2 rings (SSSR count). The van der Waals surface area contributed by atoms with Crippen molar-refractivity contribution in [3.63, 3.8) is 0 Å². The Morgan fingerprint density at radius 2 is 1.76 bits per heavy atom. The Bertz CT molecular complexity index is 258. The fourth-order valence-electron chi connectivity index (χ4n) is 4.60. The summed E-state index contributed by atoms with van der Waals surface area (Å²) >= 11 is 0. The van der Waals surface area contributed by atoms with E-state index in [0.29, 0.717) is 11.3 Å². The Balaban J connectivity index is 2.12. The van der Waals surface area contributed by atoms with Crippen molar-refractivity contribution in [3.05, 3.63) is 0 Å². The standard InChI is InChI=1S/C16H30O/c1-4-13-8-5-6-9-14(13)16(17)11-7-10-15(2,3)12-16/h13-14,17H,4-12H2,1-3H3. The van der Waals surface area contributed by atoms with Gasteiger partial charge in [0.2, 0.25) is 0 Å². The average molecular weight is 238 g/mol. The van der Waals surface area contributed by atoms with Gasteiger partial charge < -0.3 is 5.11 Å². The lowest BCUT2D eigenvalue weighted by Crippen LogP contribution is -2.48. The molecule has 2 aliphatic carbocycles. The van der Waals surface area contributed by atoms with Gasteiger partial charge in [-0.3, -0.25) is 0 Å². The molecular formula is C16H30O. The Morgan fingerprint density at radius 1 is 1.06 bits per heavy atom. The predicted molar refractivity (Wildman–Crippen MR) is 72.9 cm³/mol. The van der Waals surface area contributed by atoms with E-state index in [9.17, 15) is 5.11 Å². The Kier molecular flexibility index (Phi) is 3.87. The molecule has 0 aromatic rings. The van der Waals surface area contributed by atoms with Crippen molar-refractivity contribution >= 4 is 0 Å². The molecular weight excluding hydrogens is 208 g/mol. The van der Waals surface area contributed by atoms with Crippen LogP contribution in [0.25, 0.3) is 0 Å². The number of hydrogen-bond donors (Lipinski definition) is 1. The third-order valence-corrected chi connectivity index (χ3v) is 5.37. The maximum atomic E-state index is 11.1. The second-order valence-electron chi connectivity index (χ2n) is 7.36. The molecule has 0 radical (unpaired) electrons. The summed E-state index contributed by atoms with van der Waals surface area (Å²) in [5.74, 6) is 1.36. The molecule has 0 aliphatic heterocycles. The highest BCUT2D eigenvalue weighted by molar-refractivity contribution is 4.98. The van der Waals surface area contributed by atoms with Gasteiger partial charge in [-0.2, -0.15) is 0 Å². The number of rotatable bonds is 2. The second-order valence-corrected chi connectivity index (χ2v) is 7.36. The minimum Gasteiger partial charge on any atom is -0.390 e. The molecule has 3 unspecified atom stereocenters. The largest absolute Gasteiger partial charge is 0.390 e. The molecule has 17 heavy (non-hydrogen) atoms. The highest BCUT2D eigenvalue weighted by Crippen LogP contribution is 2.50. The fourth-order valence-corrected chi connectivity index (χ4v) is 4.60. The van der Waals surface area contributed by atoms with Gasteiger partial charge in [-0.1, -0.05) is 52.9 Å². The molecule has 3 atom stereocenters. The number of aliphatic hydroxyl groups is 1. The van der Waals surface area contributed by atoms with Gasteiger partial charge >= 0.3 is 0 Å². The summed E-state index contributed by atoms with van der Waals surface area (Å²) in [5, 5.41) is 11.1. The van der Waals surface area contributed by atoms with E-state index in [1.807, 2.05) is 0 Å². The molecule has 100 valence electrons. The Hall–Kier alpha value is -0.0400. The van der Waals surface area contributed by atoms with E-state index >= 15 is 0 Å². The molecule has 2 saturated carbocycles. The second kappa shape index (κ2) is 4.91. The predicted octanol–water partition coefficient (Wildman–Crippen LogP) is 4.53. The van der Waals surface area contributed by atoms with E-state index in [1.165, 1.54) is 44.9 Å². The molecule has 0 amide bonds. The van der Waals surface area contributed by atoms with Crippen molar-refractivity contribution in [1.82, 2.24) is 0 Å². The van der Waals surface area contributed by atoms with Crippen LogP contribution in [0.3, 0.4) is 0 Å². The van der Waals surface area contributed by atoms with Crippen LogP contribution >= 0.6 is 0 Å². The van der Waals surface area contributed by atoms with Crippen molar-refractivity contribution in [2.24, 2.45) is 17.3 Å². The molecule has 0 bridgehead atoms. The monoisotopic (exact) mass is 238 g/mol. The van der Waals surface area contributed by atoms with E-state index in [4.69, 9.17) is 0 Å². The first-order valence-electron chi connectivity index (χ1n) is 7.69. The van der Waals surface area contributed by atoms with Crippen LogP contribution in [0.5, 0.6) is 0 Å². The first-order valence-corrected chi connectivity index (χ1v) is 7.69. The van der Waals surface area contributed by atoms with Gasteiger partial charge in [-0.05, 0) is 42.9 Å². The molecule has 0 aromatic heterocycles. The topological polar surface area (TPSA) is 20.2 Å². The zero-order chi connectivity index (χ0) is 12.5. The first kappa shape index (κ1) is 13.4. The van der Waals surface area contributed by atoms with Gasteiger partial charge in [0, 0.05) is 0 Å². The SMILES string of the molecule is CCC1CCCCC1C1(O)CCCC(C)(C)C1. The molecule has 1 heteroatoms. The zero-order valence-corrected chi connectivity index (χ0v) is 12.0. The summed E-state index contributed by atoms with van der Waals surface area (Å²) in [5.41, 5.74) is 0.00554. The van der Waals surface area contributed by atoms with Crippen molar-refractivity contribution < 1.29 is 5.11 Å². The summed E-state index contributed by atoms with van der Waals surface area (Å²) in [4.78, 5) is 0. The highest BCUT2D eigenvalue weighted by Gasteiger charge is 2.46. The Labute approximate surface area is 107 Å². The van der Waals surface area contributed by atoms with Crippen LogP contribution < -0.4 is 0 Å². The maximum Gasteiger partial charge on any atom is 0.0683 e. The molecule has 2 aliphatic rings. The highest BCUT2D eigenvalue weighted by atomic mass is 16.3. The van der Waals surface area contributed by atoms with E-state index in [0.717, 1.165) is 18.8 Å². The molecule has 1 N–H and O–H groups in total. The van der Waals surface area contributed by atoms with Crippen LogP contribution in [-0.2, 0) is 0 Å². The summed E-state index contributed by atoms with van der Waals surface area (Å²) in [6.07, 6.45) is 11.2. The van der Waals surface area contributed by atoms with Crippen LogP contribution in [0.15, 0.2) is 0 Å². The van der Waals surface area contributed by atoms with Crippen LogP contribution in [0.1, 0.15) is 78.6 Å².